The van der Waals surface area contributed by atoms with Gasteiger partial charge >= 0.3 is 5.97 Å². The molecule has 0 amide bonds. The van der Waals surface area contributed by atoms with Crippen LogP contribution in [0.25, 0.3) is 0 Å². The number of piperidine rings is 1. The fraction of sp³-hybridized carbons (Fsp3) is 0.533. The molecule has 1 heterocycles. The first-order valence-electron chi connectivity index (χ1n) is 7.28. The van der Waals surface area contributed by atoms with Crippen LogP contribution in [0.15, 0.2) is 18.2 Å². The second kappa shape index (κ2) is 6.54. The standard InChI is InChI=1S/C15H20FNO5S/c1-11-2-3-12(13(16)8-11)10-23(21,22)17-6-4-15(20,5-7-17)9-14(18)19/h2-3,8,20H,4-7,9-10H2,1H3,(H,18,19). The quantitative estimate of drug-likeness (QED) is 0.838. The molecule has 23 heavy (non-hydrogen) atoms. The van der Waals surface area contributed by atoms with Gasteiger partial charge in [-0.2, -0.15) is 0 Å². The number of sulfonamides is 1. The van der Waals surface area contributed by atoms with Crippen molar-refractivity contribution in [3.05, 3.63) is 35.1 Å². The third-order valence-corrected chi connectivity index (χ3v) is 5.90. The minimum Gasteiger partial charge on any atom is -0.481 e. The molecule has 1 aromatic rings. The first-order chi connectivity index (χ1) is 10.6. The average Bonchev–Trinajstić information content (AvgIpc) is 2.41. The molecule has 0 aliphatic carbocycles. The molecule has 0 bridgehead atoms. The minimum atomic E-state index is -3.72. The highest BCUT2D eigenvalue weighted by Crippen LogP contribution is 2.28. The predicted molar refractivity (Wildman–Crippen MR) is 81.8 cm³/mol. The first-order valence-corrected chi connectivity index (χ1v) is 8.89. The molecule has 6 nitrogen and oxygen atoms in total. The number of halogens is 1. The lowest BCUT2D eigenvalue weighted by Crippen LogP contribution is -2.47. The summed E-state index contributed by atoms with van der Waals surface area (Å²) in [7, 11) is -3.72. The molecule has 0 atom stereocenters. The van der Waals surface area contributed by atoms with Crippen molar-refractivity contribution in [3.8, 4) is 0 Å². The van der Waals surface area contributed by atoms with Crippen LogP contribution in [-0.4, -0.2) is 47.6 Å². The van der Waals surface area contributed by atoms with Gasteiger partial charge in [-0.05, 0) is 31.4 Å². The molecular formula is C15H20FNO5S. The van der Waals surface area contributed by atoms with Crippen molar-refractivity contribution in [2.45, 2.75) is 37.5 Å². The number of nitrogens with zero attached hydrogens (tertiary/aromatic N) is 1. The van der Waals surface area contributed by atoms with Crippen LogP contribution in [0.3, 0.4) is 0 Å². The maximum atomic E-state index is 13.8. The number of carbonyl (C=O) groups is 1. The van der Waals surface area contributed by atoms with Crippen molar-refractivity contribution in [1.82, 2.24) is 4.31 Å². The number of benzene rings is 1. The minimum absolute atomic E-state index is 0.0274. The zero-order valence-electron chi connectivity index (χ0n) is 12.8. The Labute approximate surface area is 134 Å². The van der Waals surface area contributed by atoms with Gasteiger partial charge in [-0.15, -0.1) is 0 Å². The van der Waals surface area contributed by atoms with Crippen molar-refractivity contribution < 1.29 is 27.8 Å². The van der Waals surface area contributed by atoms with E-state index in [4.69, 9.17) is 5.11 Å². The summed E-state index contributed by atoms with van der Waals surface area (Å²) in [5, 5.41) is 18.9. The highest BCUT2D eigenvalue weighted by molar-refractivity contribution is 7.88. The van der Waals surface area contributed by atoms with E-state index >= 15 is 0 Å². The van der Waals surface area contributed by atoms with Gasteiger partial charge in [0.1, 0.15) is 5.82 Å². The number of hydrogen-bond donors (Lipinski definition) is 2. The molecule has 1 aliphatic rings. The Morgan fingerprint density at radius 2 is 1.96 bits per heavy atom. The van der Waals surface area contributed by atoms with Crippen LogP contribution >= 0.6 is 0 Å². The van der Waals surface area contributed by atoms with Crippen LogP contribution in [0.5, 0.6) is 0 Å². The molecule has 0 aromatic heterocycles. The fourth-order valence-corrected chi connectivity index (χ4v) is 4.24. The third-order valence-electron chi connectivity index (χ3n) is 4.07. The molecule has 0 saturated carbocycles. The van der Waals surface area contributed by atoms with Crippen LogP contribution in [-0.2, 0) is 20.6 Å². The summed E-state index contributed by atoms with van der Waals surface area (Å²) in [4.78, 5) is 10.7. The summed E-state index contributed by atoms with van der Waals surface area (Å²) in [6, 6.07) is 4.38. The van der Waals surface area contributed by atoms with E-state index in [1.807, 2.05) is 0 Å². The van der Waals surface area contributed by atoms with Gasteiger partial charge in [-0.3, -0.25) is 4.79 Å². The molecule has 2 rings (SSSR count). The van der Waals surface area contributed by atoms with Crippen molar-refractivity contribution in [3.63, 3.8) is 0 Å². The summed E-state index contributed by atoms with van der Waals surface area (Å²) in [5.41, 5.74) is -0.574. The summed E-state index contributed by atoms with van der Waals surface area (Å²) in [6.45, 7) is 1.77. The van der Waals surface area contributed by atoms with Gasteiger partial charge in [-0.1, -0.05) is 12.1 Å². The third kappa shape index (κ3) is 4.49. The molecule has 1 aromatic carbocycles. The molecule has 0 spiro atoms. The average molecular weight is 345 g/mol. The maximum Gasteiger partial charge on any atom is 0.306 e. The van der Waals surface area contributed by atoms with Crippen molar-refractivity contribution >= 4 is 16.0 Å². The van der Waals surface area contributed by atoms with Crippen molar-refractivity contribution in [1.29, 1.82) is 0 Å². The molecule has 128 valence electrons. The maximum absolute atomic E-state index is 13.8. The van der Waals surface area contributed by atoms with Gasteiger partial charge in [0, 0.05) is 18.7 Å². The first kappa shape index (κ1) is 17.8. The Morgan fingerprint density at radius 1 is 1.35 bits per heavy atom. The Bertz CT molecular complexity index is 696. The summed E-state index contributed by atoms with van der Waals surface area (Å²) in [5.74, 6) is -2.13. The van der Waals surface area contributed by atoms with Crippen molar-refractivity contribution in [2.24, 2.45) is 0 Å². The van der Waals surface area contributed by atoms with E-state index in [1.165, 1.54) is 16.4 Å². The van der Waals surface area contributed by atoms with Gasteiger partial charge in [0.15, 0.2) is 0 Å². The Morgan fingerprint density at radius 3 is 2.48 bits per heavy atom. The smallest absolute Gasteiger partial charge is 0.306 e. The van der Waals surface area contributed by atoms with E-state index in [2.05, 4.69) is 0 Å². The van der Waals surface area contributed by atoms with E-state index in [-0.39, 0.29) is 31.5 Å². The zero-order chi connectivity index (χ0) is 17.3. The molecule has 8 heteroatoms. The second-order valence-electron chi connectivity index (χ2n) is 6.04. The van der Waals surface area contributed by atoms with Crippen LogP contribution in [0.4, 0.5) is 4.39 Å². The van der Waals surface area contributed by atoms with Gasteiger partial charge in [-0.25, -0.2) is 17.1 Å². The SMILES string of the molecule is Cc1ccc(CS(=O)(=O)N2CCC(O)(CC(=O)O)CC2)c(F)c1. The number of aryl methyl sites for hydroxylation is 1. The second-order valence-corrected chi connectivity index (χ2v) is 8.01. The molecular weight excluding hydrogens is 325 g/mol. The van der Waals surface area contributed by atoms with Crippen molar-refractivity contribution in [2.75, 3.05) is 13.1 Å². The van der Waals surface area contributed by atoms with Gasteiger partial charge in [0.2, 0.25) is 10.0 Å². The monoisotopic (exact) mass is 345 g/mol. The Kier molecular flexibility index (Phi) is 5.07. The topological polar surface area (TPSA) is 94.9 Å². The number of hydrogen-bond acceptors (Lipinski definition) is 4. The van der Waals surface area contributed by atoms with E-state index in [0.29, 0.717) is 5.56 Å². The number of aliphatic carboxylic acids is 1. The molecule has 1 fully saturated rings. The van der Waals surface area contributed by atoms with Gasteiger partial charge in [0.05, 0.1) is 17.8 Å². The van der Waals surface area contributed by atoms with Crippen LogP contribution in [0.1, 0.15) is 30.4 Å². The predicted octanol–water partition coefficient (Wildman–Crippen LogP) is 1.27. The molecule has 1 saturated heterocycles. The molecule has 2 N–H and O–H groups in total. The van der Waals surface area contributed by atoms with E-state index in [1.54, 1.807) is 13.0 Å². The lowest BCUT2D eigenvalue weighted by molar-refractivity contribution is -0.144. The van der Waals surface area contributed by atoms with E-state index in [9.17, 15) is 22.7 Å². The van der Waals surface area contributed by atoms with Gasteiger partial charge in [0.25, 0.3) is 0 Å². The number of rotatable bonds is 5. The lowest BCUT2D eigenvalue weighted by Gasteiger charge is -2.36. The lowest BCUT2D eigenvalue weighted by atomic mass is 9.89. The summed E-state index contributed by atoms with van der Waals surface area (Å²) >= 11 is 0. The fourth-order valence-electron chi connectivity index (χ4n) is 2.70. The number of aliphatic hydroxyl groups is 1. The highest BCUT2D eigenvalue weighted by Gasteiger charge is 2.38. The largest absolute Gasteiger partial charge is 0.481 e. The van der Waals surface area contributed by atoms with Crippen LogP contribution in [0.2, 0.25) is 0 Å². The van der Waals surface area contributed by atoms with E-state index < -0.39 is 39.6 Å². The molecule has 0 radical (unpaired) electrons. The van der Waals surface area contributed by atoms with Crippen LogP contribution in [0, 0.1) is 12.7 Å². The number of carboxylic acids is 1. The summed E-state index contributed by atoms with van der Waals surface area (Å²) in [6.07, 6.45) is -0.308. The summed E-state index contributed by atoms with van der Waals surface area (Å²) < 4.78 is 39.8. The number of carboxylic acid groups (broad SMARTS) is 1. The Balaban J connectivity index is 2.06. The zero-order valence-corrected chi connectivity index (χ0v) is 13.6. The molecule has 1 aliphatic heterocycles. The van der Waals surface area contributed by atoms with Crippen LogP contribution < -0.4 is 0 Å². The van der Waals surface area contributed by atoms with Gasteiger partial charge < -0.3 is 10.2 Å². The Hall–Kier alpha value is -1.51. The van der Waals surface area contributed by atoms with E-state index in [0.717, 1.165) is 0 Å². The normalized spacial score (nSPS) is 18.7. The highest BCUT2D eigenvalue weighted by atomic mass is 32.2. The molecule has 0 unspecified atom stereocenters.